The van der Waals surface area contributed by atoms with Gasteiger partial charge in [-0.05, 0) is 37.6 Å². The lowest BCUT2D eigenvalue weighted by molar-refractivity contribution is 0.101. The minimum Gasteiger partial charge on any atom is -0.367 e. The molecule has 0 fully saturated rings. The van der Waals surface area contributed by atoms with Gasteiger partial charge in [-0.15, -0.1) is 0 Å². The van der Waals surface area contributed by atoms with Gasteiger partial charge in [0.25, 0.3) is 0 Å². The fourth-order valence-electron chi connectivity index (χ4n) is 2.33. The molecule has 0 aliphatic heterocycles. The van der Waals surface area contributed by atoms with Gasteiger partial charge in [0.05, 0.1) is 11.6 Å². The molecule has 2 rings (SSSR count). The van der Waals surface area contributed by atoms with Gasteiger partial charge in [-0.1, -0.05) is 30.3 Å². The lowest BCUT2D eigenvalue weighted by Crippen LogP contribution is -2.24. The molecule has 21 heavy (non-hydrogen) atoms. The van der Waals surface area contributed by atoms with Crippen LogP contribution >= 0.6 is 0 Å². The molecule has 0 unspecified atom stereocenters. The van der Waals surface area contributed by atoms with E-state index < -0.39 is 0 Å². The van der Waals surface area contributed by atoms with E-state index in [0.717, 1.165) is 12.2 Å². The maximum Gasteiger partial charge on any atom is 0.161 e. The lowest BCUT2D eigenvalue weighted by atomic mass is 10.0. The van der Waals surface area contributed by atoms with Crippen molar-refractivity contribution in [1.82, 2.24) is 0 Å². The summed E-state index contributed by atoms with van der Waals surface area (Å²) >= 11 is 0. The highest BCUT2D eigenvalue weighted by atomic mass is 16.1. The summed E-state index contributed by atoms with van der Waals surface area (Å²) in [7, 11) is 0. The molecule has 0 bridgehead atoms. The number of nitriles is 1. The molecule has 0 atom stereocenters. The first-order valence-electron chi connectivity index (χ1n) is 6.99. The zero-order valence-corrected chi connectivity index (χ0v) is 12.3. The van der Waals surface area contributed by atoms with Crippen LogP contribution in [0.3, 0.4) is 0 Å². The lowest BCUT2D eigenvalue weighted by Gasteiger charge is -2.25. The Balaban J connectivity index is 2.41. The van der Waals surface area contributed by atoms with Crippen molar-refractivity contribution in [3.8, 4) is 6.07 Å². The summed E-state index contributed by atoms with van der Waals surface area (Å²) in [5, 5.41) is 9.08. The number of carbonyl (C=O) groups is 1. The van der Waals surface area contributed by atoms with Crippen LogP contribution in [0.15, 0.2) is 48.5 Å². The van der Waals surface area contributed by atoms with E-state index in [9.17, 15) is 4.79 Å². The highest BCUT2D eigenvalue weighted by Gasteiger charge is 2.14. The molecule has 0 N–H and O–H groups in total. The molecule has 106 valence electrons. The third kappa shape index (κ3) is 3.49. The van der Waals surface area contributed by atoms with E-state index >= 15 is 0 Å². The second-order valence-electron chi connectivity index (χ2n) is 4.90. The third-order valence-corrected chi connectivity index (χ3v) is 3.44. The van der Waals surface area contributed by atoms with E-state index in [2.05, 4.69) is 23.1 Å². The summed E-state index contributed by atoms with van der Waals surface area (Å²) in [5.41, 5.74) is 3.23. The minimum atomic E-state index is 0.0148. The third-order valence-electron chi connectivity index (χ3n) is 3.44. The molecule has 0 heterocycles. The zero-order chi connectivity index (χ0) is 15.2. The monoisotopic (exact) mass is 278 g/mol. The highest BCUT2D eigenvalue weighted by molar-refractivity contribution is 6.00. The van der Waals surface area contributed by atoms with Crippen molar-refractivity contribution in [3.05, 3.63) is 65.2 Å². The number of hydrogen-bond donors (Lipinski definition) is 0. The van der Waals surface area contributed by atoms with Crippen LogP contribution in [0.5, 0.6) is 0 Å². The molecule has 0 saturated carbocycles. The van der Waals surface area contributed by atoms with Gasteiger partial charge in [-0.3, -0.25) is 4.79 Å². The largest absolute Gasteiger partial charge is 0.367 e. The van der Waals surface area contributed by atoms with Crippen LogP contribution < -0.4 is 4.90 Å². The quantitative estimate of drug-likeness (QED) is 0.782. The van der Waals surface area contributed by atoms with Gasteiger partial charge in [0.2, 0.25) is 0 Å². The Bertz CT molecular complexity index is 671. The van der Waals surface area contributed by atoms with Crippen molar-refractivity contribution in [2.75, 3.05) is 11.4 Å². The zero-order valence-electron chi connectivity index (χ0n) is 12.3. The van der Waals surface area contributed by atoms with Gasteiger partial charge in [-0.2, -0.15) is 5.26 Å². The predicted molar refractivity (Wildman–Crippen MR) is 84.3 cm³/mol. The highest BCUT2D eigenvalue weighted by Crippen LogP contribution is 2.24. The predicted octanol–water partition coefficient (Wildman–Crippen LogP) is 3.79. The van der Waals surface area contributed by atoms with Crippen LogP contribution in [0.1, 0.15) is 35.3 Å². The smallest absolute Gasteiger partial charge is 0.161 e. The first-order valence-corrected chi connectivity index (χ1v) is 6.99. The number of carbonyl (C=O) groups excluding carboxylic acids is 1. The van der Waals surface area contributed by atoms with Crippen LogP contribution in [0, 0.1) is 11.3 Å². The van der Waals surface area contributed by atoms with E-state index in [1.807, 2.05) is 25.1 Å². The number of Topliss-reactive ketones (excluding diaryl/α,β-unsaturated/α-hetero) is 1. The van der Waals surface area contributed by atoms with Crippen molar-refractivity contribution in [2.24, 2.45) is 0 Å². The molecule has 0 aromatic heterocycles. The molecule has 0 spiro atoms. The van der Waals surface area contributed by atoms with Crippen LogP contribution in [-0.4, -0.2) is 12.3 Å². The van der Waals surface area contributed by atoms with Crippen LogP contribution in [-0.2, 0) is 6.54 Å². The Morgan fingerprint density at radius 1 is 1.19 bits per heavy atom. The average Bonchev–Trinajstić information content (AvgIpc) is 2.52. The van der Waals surface area contributed by atoms with Crippen molar-refractivity contribution in [3.63, 3.8) is 0 Å². The Kier molecular flexibility index (Phi) is 4.73. The van der Waals surface area contributed by atoms with Crippen molar-refractivity contribution in [2.45, 2.75) is 20.4 Å². The Morgan fingerprint density at radius 2 is 1.90 bits per heavy atom. The maximum atomic E-state index is 11.8. The average molecular weight is 278 g/mol. The summed E-state index contributed by atoms with van der Waals surface area (Å²) < 4.78 is 0. The molecule has 0 amide bonds. The number of rotatable bonds is 5. The first-order chi connectivity index (χ1) is 10.2. The van der Waals surface area contributed by atoms with Crippen LogP contribution in [0.2, 0.25) is 0 Å². The number of nitrogens with zero attached hydrogens (tertiary/aromatic N) is 2. The molecular weight excluding hydrogens is 260 g/mol. The maximum absolute atomic E-state index is 11.8. The van der Waals surface area contributed by atoms with Crippen molar-refractivity contribution in [1.29, 1.82) is 5.26 Å². The molecule has 0 radical (unpaired) electrons. The molecule has 0 aliphatic rings. The Morgan fingerprint density at radius 3 is 2.48 bits per heavy atom. The van der Waals surface area contributed by atoms with Crippen LogP contribution in [0.25, 0.3) is 0 Å². The molecule has 2 aromatic carbocycles. The summed E-state index contributed by atoms with van der Waals surface area (Å²) in [5.74, 6) is 0.0148. The number of ketones is 1. The van der Waals surface area contributed by atoms with E-state index in [4.69, 9.17) is 5.26 Å². The SMILES string of the molecule is CCN(Cc1ccccc1)c1cc(C#N)ccc1C(C)=O. The van der Waals surface area contributed by atoms with Crippen LogP contribution in [0.4, 0.5) is 5.69 Å². The topological polar surface area (TPSA) is 44.1 Å². The van der Waals surface area contributed by atoms with E-state index in [1.165, 1.54) is 5.56 Å². The van der Waals surface area contributed by atoms with Gasteiger partial charge < -0.3 is 4.90 Å². The molecule has 0 saturated heterocycles. The minimum absolute atomic E-state index is 0.0148. The molecule has 3 heteroatoms. The van der Waals surface area contributed by atoms with Gasteiger partial charge in [0.15, 0.2) is 5.78 Å². The van der Waals surface area contributed by atoms with Gasteiger partial charge in [0.1, 0.15) is 0 Å². The number of anilines is 1. The molecular formula is C18H18N2O. The summed E-state index contributed by atoms with van der Waals surface area (Å²) in [6.07, 6.45) is 0. The van der Waals surface area contributed by atoms with E-state index in [1.54, 1.807) is 25.1 Å². The van der Waals surface area contributed by atoms with E-state index in [0.29, 0.717) is 17.7 Å². The van der Waals surface area contributed by atoms with E-state index in [-0.39, 0.29) is 5.78 Å². The van der Waals surface area contributed by atoms with Crippen molar-refractivity contribution >= 4 is 11.5 Å². The number of hydrogen-bond acceptors (Lipinski definition) is 3. The summed E-state index contributed by atoms with van der Waals surface area (Å²) in [6, 6.07) is 17.5. The Hall–Kier alpha value is -2.60. The summed E-state index contributed by atoms with van der Waals surface area (Å²) in [6.45, 7) is 5.09. The fourth-order valence-corrected chi connectivity index (χ4v) is 2.33. The fraction of sp³-hybridized carbons (Fsp3) is 0.222. The van der Waals surface area contributed by atoms with Gasteiger partial charge in [-0.25, -0.2) is 0 Å². The number of benzene rings is 2. The summed E-state index contributed by atoms with van der Waals surface area (Å²) in [4.78, 5) is 13.9. The Labute approximate surface area is 125 Å². The molecule has 0 aliphatic carbocycles. The molecule has 3 nitrogen and oxygen atoms in total. The first kappa shape index (κ1) is 14.8. The second-order valence-corrected chi connectivity index (χ2v) is 4.90. The second kappa shape index (κ2) is 6.71. The van der Waals surface area contributed by atoms with Crippen molar-refractivity contribution < 1.29 is 4.79 Å². The van der Waals surface area contributed by atoms with Gasteiger partial charge in [0, 0.05) is 24.3 Å². The normalized spacial score (nSPS) is 9.95. The van der Waals surface area contributed by atoms with Gasteiger partial charge >= 0.3 is 0 Å². The standard InChI is InChI=1S/C18H18N2O/c1-3-20(13-15-7-5-4-6-8-15)18-11-16(12-19)9-10-17(18)14(2)21/h4-11H,3,13H2,1-2H3. The molecule has 2 aromatic rings.